The van der Waals surface area contributed by atoms with Gasteiger partial charge in [-0.25, -0.2) is 0 Å². The largest absolute Gasteiger partial charge is 0.496 e. The Morgan fingerprint density at radius 1 is 0.519 bits per heavy atom. The first-order chi connectivity index (χ1) is 24.6. The summed E-state index contributed by atoms with van der Waals surface area (Å²) in [6, 6.07) is 13.1. The molecule has 0 fully saturated rings. The highest BCUT2D eigenvalue weighted by molar-refractivity contribution is 5.85. The molecule has 6 nitrogen and oxygen atoms in total. The molecule has 7 rings (SSSR count). The molecule has 4 aliphatic rings. The van der Waals surface area contributed by atoms with E-state index in [1.54, 1.807) is 14.2 Å². The summed E-state index contributed by atoms with van der Waals surface area (Å²) in [6.07, 6.45) is 12.4. The van der Waals surface area contributed by atoms with Crippen molar-refractivity contribution in [1.82, 2.24) is 0 Å². The van der Waals surface area contributed by atoms with E-state index in [1.165, 1.54) is 33.6 Å². The van der Waals surface area contributed by atoms with Gasteiger partial charge in [-0.3, -0.25) is 0 Å². The lowest BCUT2D eigenvalue weighted by Crippen LogP contribution is -2.45. The molecular weight excluding hydrogens is 641 g/mol. The fraction of sp³-hybridized carbons (Fsp3) is 0.478. The molecule has 52 heavy (non-hydrogen) atoms. The summed E-state index contributed by atoms with van der Waals surface area (Å²) in [6.45, 7) is 22.9. The van der Waals surface area contributed by atoms with Crippen molar-refractivity contribution >= 4 is 35.7 Å². The third kappa shape index (κ3) is 5.67. The summed E-state index contributed by atoms with van der Waals surface area (Å²) in [7, 11) is 3.53. The van der Waals surface area contributed by atoms with Gasteiger partial charge in [0.1, 0.15) is 11.5 Å². The number of nitrogens with zero attached hydrogens (tertiary/aromatic N) is 4. The second-order valence-electron chi connectivity index (χ2n) is 18.0. The quantitative estimate of drug-likeness (QED) is 0.239. The number of methoxy groups -OCH3 is 2. The van der Waals surface area contributed by atoms with Gasteiger partial charge in [-0.2, -0.15) is 10.5 Å². The Balaban J connectivity index is 1.31. The fourth-order valence-corrected chi connectivity index (χ4v) is 9.29. The number of hydrogen-bond acceptors (Lipinski definition) is 6. The first-order valence-electron chi connectivity index (χ1n) is 18.9. The number of ether oxygens (including phenoxy) is 2. The van der Waals surface area contributed by atoms with Crippen LogP contribution >= 0.6 is 0 Å². The fourth-order valence-electron chi connectivity index (χ4n) is 9.29. The van der Waals surface area contributed by atoms with Crippen LogP contribution in [0.2, 0.25) is 0 Å². The van der Waals surface area contributed by atoms with Gasteiger partial charge >= 0.3 is 0 Å². The molecule has 0 N–H and O–H groups in total. The molecule has 0 amide bonds. The molecule has 3 aromatic carbocycles. The first-order valence-corrected chi connectivity index (χ1v) is 18.9. The summed E-state index contributed by atoms with van der Waals surface area (Å²) in [5, 5.41) is 20.8. The Hall–Kier alpha value is -4.68. The maximum Gasteiger partial charge on any atom is 0.131 e. The lowest BCUT2D eigenvalue weighted by Gasteiger charge is -2.48. The molecule has 0 aliphatic carbocycles. The summed E-state index contributed by atoms with van der Waals surface area (Å²) < 4.78 is 12.4. The van der Waals surface area contributed by atoms with Crippen LogP contribution in [0, 0.1) is 22.7 Å². The van der Waals surface area contributed by atoms with Crippen molar-refractivity contribution in [2.75, 3.05) is 50.2 Å². The zero-order valence-electron chi connectivity index (χ0n) is 32.9. The van der Waals surface area contributed by atoms with Gasteiger partial charge in [0.2, 0.25) is 0 Å². The summed E-state index contributed by atoms with van der Waals surface area (Å²) in [5.74, 6) is 1.79. The van der Waals surface area contributed by atoms with E-state index in [4.69, 9.17) is 9.47 Å². The van der Waals surface area contributed by atoms with Crippen LogP contribution in [0.5, 0.6) is 11.5 Å². The van der Waals surface area contributed by atoms with Gasteiger partial charge in [-0.05, 0) is 93.9 Å². The van der Waals surface area contributed by atoms with Crippen molar-refractivity contribution in [1.29, 1.82) is 10.5 Å². The van der Waals surface area contributed by atoms with E-state index in [0.717, 1.165) is 74.5 Å². The Bertz CT molecular complexity index is 1960. The zero-order chi connectivity index (χ0) is 37.4. The van der Waals surface area contributed by atoms with Gasteiger partial charge in [-0.1, -0.05) is 79.7 Å². The van der Waals surface area contributed by atoms with Crippen molar-refractivity contribution in [3.05, 3.63) is 79.9 Å². The van der Waals surface area contributed by atoms with Crippen LogP contribution in [-0.2, 0) is 21.7 Å². The average molecular weight is 695 g/mol. The Morgan fingerprint density at radius 3 is 1.17 bits per heavy atom. The molecule has 6 heteroatoms. The van der Waals surface area contributed by atoms with E-state index in [0.29, 0.717) is 22.3 Å². The topological polar surface area (TPSA) is 72.5 Å². The normalized spacial score (nSPS) is 20.2. The minimum Gasteiger partial charge on any atom is -0.496 e. The number of benzene rings is 3. The molecule has 0 atom stereocenters. The Kier molecular flexibility index (Phi) is 8.57. The molecule has 0 radical (unpaired) electrons. The van der Waals surface area contributed by atoms with E-state index < -0.39 is 0 Å². The average Bonchev–Trinajstić information content (AvgIpc) is 3.10. The lowest BCUT2D eigenvalue weighted by molar-refractivity contribution is 0.362. The predicted octanol–water partition coefficient (Wildman–Crippen LogP) is 10.1. The molecule has 0 saturated heterocycles. The molecule has 3 aromatic rings. The lowest BCUT2D eigenvalue weighted by atomic mass is 9.68. The van der Waals surface area contributed by atoms with Crippen LogP contribution in [0.25, 0.3) is 24.3 Å². The van der Waals surface area contributed by atoms with E-state index in [-0.39, 0.29) is 21.7 Å². The van der Waals surface area contributed by atoms with E-state index >= 15 is 0 Å². The van der Waals surface area contributed by atoms with Crippen LogP contribution in [0.15, 0.2) is 24.3 Å². The highest BCUT2D eigenvalue weighted by atomic mass is 16.5. The van der Waals surface area contributed by atoms with Gasteiger partial charge in [0.25, 0.3) is 0 Å². The van der Waals surface area contributed by atoms with E-state index in [2.05, 4.69) is 102 Å². The minimum absolute atomic E-state index is 0.0337. The SMILES string of the molecule is COc1c(C=Cc2cc(C#N)c(C=Cc3cc4c5c(c3OC)C(C)(C)CCN5CCC4(C)C)cc2C#N)cc2c3c1C(C)(C)CCN3CCC2(C)C. The highest BCUT2D eigenvalue weighted by Gasteiger charge is 2.44. The van der Waals surface area contributed by atoms with E-state index in [9.17, 15) is 10.5 Å². The summed E-state index contributed by atoms with van der Waals surface area (Å²) in [5.41, 5.74) is 12.4. The van der Waals surface area contributed by atoms with Gasteiger partial charge in [0.05, 0.1) is 37.5 Å². The number of nitriles is 2. The van der Waals surface area contributed by atoms with Crippen molar-refractivity contribution in [2.45, 2.75) is 103 Å². The number of rotatable bonds is 6. The Labute approximate surface area is 311 Å². The third-order valence-corrected chi connectivity index (χ3v) is 12.8. The van der Waals surface area contributed by atoms with Crippen LogP contribution in [0.1, 0.15) is 137 Å². The van der Waals surface area contributed by atoms with Crippen LogP contribution in [0.3, 0.4) is 0 Å². The monoisotopic (exact) mass is 694 g/mol. The second-order valence-corrected chi connectivity index (χ2v) is 18.0. The van der Waals surface area contributed by atoms with Crippen LogP contribution in [-0.4, -0.2) is 40.4 Å². The van der Waals surface area contributed by atoms with Crippen LogP contribution in [0.4, 0.5) is 11.4 Å². The standard InChI is InChI=1S/C46H54N4O2/c1-43(2)15-19-49-21-17-45(5,6)37-39(49)35(43)25-31(41(37)51-9)13-11-29-23-34(28-48)30(24-33(29)27-47)12-14-32-26-36-40-38(42(32)52-10)46(7,8)18-22-50(40)20-16-44(36,3)4/h11-14,23-26H,15-22H2,1-10H3. The molecule has 0 aromatic heterocycles. The molecule has 4 aliphatic heterocycles. The minimum atomic E-state index is -0.0354. The molecular formula is C46H54N4O2. The second kappa shape index (κ2) is 12.5. The van der Waals surface area contributed by atoms with Gasteiger partial charge in [0, 0.05) is 59.8 Å². The molecule has 0 unspecified atom stereocenters. The van der Waals surface area contributed by atoms with E-state index in [1.807, 2.05) is 24.3 Å². The molecule has 0 spiro atoms. The zero-order valence-corrected chi connectivity index (χ0v) is 32.9. The highest BCUT2D eigenvalue weighted by Crippen LogP contribution is 2.55. The number of hydrogen-bond donors (Lipinski definition) is 0. The molecule has 0 bridgehead atoms. The molecule has 0 saturated carbocycles. The van der Waals surface area contributed by atoms with Crippen LogP contribution < -0.4 is 19.3 Å². The predicted molar refractivity (Wildman–Crippen MR) is 215 cm³/mol. The van der Waals surface area contributed by atoms with Gasteiger partial charge in [-0.15, -0.1) is 0 Å². The van der Waals surface area contributed by atoms with Crippen molar-refractivity contribution < 1.29 is 9.47 Å². The van der Waals surface area contributed by atoms with Crippen molar-refractivity contribution in [3.63, 3.8) is 0 Å². The maximum absolute atomic E-state index is 10.4. The number of anilines is 2. The smallest absolute Gasteiger partial charge is 0.131 e. The molecule has 4 heterocycles. The Morgan fingerprint density at radius 2 is 0.846 bits per heavy atom. The first kappa shape index (κ1) is 35.7. The van der Waals surface area contributed by atoms with Crippen molar-refractivity contribution in [3.8, 4) is 23.6 Å². The molecule has 270 valence electrons. The third-order valence-electron chi connectivity index (χ3n) is 12.8. The van der Waals surface area contributed by atoms with Gasteiger partial charge < -0.3 is 19.3 Å². The summed E-state index contributed by atoms with van der Waals surface area (Å²) >= 11 is 0. The van der Waals surface area contributed by atoms with Gasteiger partial charge in [0.15, 0.2) is 0 Å². The maximum atomic E-state index is 10.4. The van der Waals surface area contributed by atoms with Crippen molar-refractivity contribution in [2.24, 2.45) is 0 Å². The summed E-state index contributed by atoms with van der Waals surface area (Å²) in [4.78, 5) is 5.09.